The molecule has 1 fully saturated rings. The van der Waals surface area contributed by atoms with E-state index in [4.69, 9.17) is 0 Å². The quantitative estimate of drug-likeness (QED) is 0.832. The molecule has 2 heterocycles. The molecule has 2 aliphatic heterocycles. The summed E-state index contributed by atoms with van der Waals surface area (Å²) in [4.78, 5) is 16.5. The first-order valence-corrected chi connectivity index (χ1v) is 10.3. The first-order valence-electron chi connectivity index (χ1n) is 8.80. The molecule has 25 heavy (non-hydrogen) atoms. The zero-order valence-electron chi connectivity index (χ0n) is 14.8. The normalized spacial score (nSPS) is 21.4. The van der Waals surface area contributed by atoms with Gasteiger partial charge < -0.3 is 10.2 Å². The number of rotatable bonds is 4. The van der Waals surface area contributed by atoms with E-state index >= 15 is 0 Å². The standard InChI is InChI=1S/C17H26N4O3S/c1-3-21(4-2)16(22)13-20-11-9-17(10-12-20)18-14-7-5-6-8-15(14)25(23,24)19-17/h5-8,18-19H,3-4,9-13H2,1-2H3. The van der Waals surface area contributed by atoms with Crippen LogP contribution in [0.1, 0.15) is 26.7 Å². The Bertz CT molecular complexity index is 738. The average Bonchev–Trinajstić information content (AvgIpc) is 2.58. The maximum Gasteiger partial charge on any atom is 0.244 e. The Balaban J connectivity index is 1.67. The van der Waals surface area contributed by atoms with E-state index in [1.807, 2.05) is 24.8 Å². The summed E-state index contributed by atoms with van der Waals surface area (Å²) in [5.74, 6) is 0.128. The fourth-order valence-corrected chi connectivity index (χ4v) is 5.13. The first-order chi connectivity index (χ1) is 11.9. The summed E-state index contributed by atoms with van der Waals surface area (Å²) in [6.45, 7) is 7.11. The number of amides is 1. The Kier molecular flexibility index (Phi) is 5.04. The molecule has 3 rings (SSSR count). The van der Waals surface area contributed by atoms with Gasteiger partial charge in [-0.05, 0) is 38.8 Å². The number of carbonyl (C=O) groups excluding carboxylic acids is 1. The molecule has 0 bridgehead atoms. The number of benzene rings is 1. The van der Waals surface area contributed by atoms with Gasteiger partial charge in [0.2, 0.25) is 15.9 Å². The number of likely N-dealkylation sites (N-methyl/N-ethyl adjacent to an activating group) is 1. The van der Waals surface area contributed by atoms with E-state index in [-0.39, 0.29) is 5.91 Å². The molecular formula is C17H26N4O3S. The van der Waals surface area contributed by atoms with Crippen LogP contribution in [0.15, 0.2) is 29.2 Å². The molecule has 0 aromatic heterocycles. The van der Waals surface area contributed by atoms with Gasteiger partial charge in [0, 0.05) is 26.2 Å². The van der Waals surface area contributed by atoms with Gasteiger partial charge in [0.25, 0.3) is 0 Å². The third-order valence-corrected chi connectivity index (χ3v) is 6.66. The smallest absolute Gasteiger partial charge is 0.244 e. The number of sulfonamides is 1. The maximum absolute atomic E-state index is 12.5. The zero-order valence-corrected chi connectivity index (χ0v) is 15.6. The number of anilines is 1. The molecule has 0 aliphatic carbocycles. The van der Waals surface area contributed by atoms with Crippen molar-refractivity contribution in [3.63, 3.8) is 0 Å². The van der Waals surface area contributed by atoms with Gasteiger partial charge >= 0.3 is 0 Å². The Morgan fingerprint density at radius 2 is 1.84 bits per heavy atom. The van der Waals surface area contributed by atoms with Crippen molar-refractivity contribution in [2.24, 2.45) is 0 Å². The summed E-state index contributed by atoms with van der Waals surface area (Å²) in [5.41, 5.74) is -0.0176. The summed E-state index contributed by atoms with van der Waals surface area (Å²) >= 11 is 0. The number of carbonyl (C=O) groups is 1. The van der Waals surface area contributed by atoms with Gasteiger partial charge in [-0.25, -0.2) is 8.42 Å². The van der Waals surface area contributed by atoms with E-state index < -0.39 is 15.7 Å². The molecule has 0 saturated carbocycles. The van der Waals surface area contributed by atoms with Crippen LogP contribution in [0.3, 0.4) is 0 Å². The number of nitrogens with zero attached hydrogens (tertiary/aromatic N) is 2. The van der Waals surface area contributed by atoms with Gasteiger partial charge in [-0.1, -0.05) is 12.1 Å². The van der Waals surface area contributed by atoms with Gasteiger partial charge in [-0.15, -0.1) is 0 Å². The van der Waals surface area contributed by atoms with Crippen LogP contribution in [0.4, 0.5) is 5.69 Å². The Hall–Kier alpha value is -1.64. The second-order valence-electron chi connectivity index (χ2n) is 6.65. The van der Waals surface area contributed by atoms with Crippen molar-refractivity contribution in [3.8, 4) is 0 Å². The summed E-state index contributed by atoms with van der Waals surface area (Å²) in [7, 11) is -3.52. The van der Waals surface area contributed by atoms with Crippen LogP contribution in [0.25, 0.3) is 0 Å². The molecule has 138 valence electrons. The molecule has 0 unspecified atom stereocenters. The van der Waals surface area contributed by atoms with Crippen LogP contribution in [-0.2, 0) is 14.8 Å². The summed E-state index contributed by atoms with van der Waals surface area (Å²) in [6, 6.07) is 6.96. The minimum atomic E-state index is -3.52. The topological polar surface area (TPSA) is 81.8 Å². The summed E-state index contributed by atoms with van der Waals surface area (Å²) < 4.78 is 27.9. The molecule has 1 spiro atoms. The van der Waals surface area contributed by atoms with Gasteiger partial charge in [0.1, 0.15) is 10.6 Å². The van der Waals surface area contributed by atoms with Crippen molar-refractivity contribution < 1.29 is 13.2 Å². The molecule has 1 aromatic rings. The summed E-state index contributed by atoms with van der Waals surface area (Å²) in [5, 5.41) is 3.37. The molecule has 0 radical (unpaired) electrons. The largest absolute Gasteiger partial charge is 0.365 e. The number of para-hydroxylation sites is 1. The highest BCUT2D eigenvalue weighted by molar-refractivity contribution is 7.89. The number of likely N-dealkylation sites (tertiary alicyclic amines) is 1. The molecule has 8 heteroatoms. The van der Waals surface area contributed by atoms with E-state index in [0.29, 0.717) is 56.1 Å². The number of piperidine rings is 1. The summed E-state index contributed by atoms with van der Waals surface area (Å²) in [6.07, 6.45) is 1.23. The lowest BCUT2D eigenvalue weighted by Gasteiger charge is -2.45. The van der Waals surface area contributed by atoms with Gasteiger partial charge in [0.15, 0.2) is 0 Å². The molecule has 7 nitrogen and oxygen atoms in total. The maximum atomic E-state index is 12.5. The van der Waals surface area contributed by atoms with Gasteiger partial charge in [0.05, 0.1) is 12.2 Å². The Morgan fingerprint density at radius 1 is 1.20 bits per heavy atom. The highest BCUT2D eigenvalue weighted by Gasteiger charge is 2.43. The van der Waals surface area contributed by atoms with Crippen molar-refractivity contribution in [2.75, 3.05) is 38.0 Å². The fraction of sp³-hybridized carbons (Fsp3) is 0.588. The fourth-order valence-electron chi connectivity index (χ4n) is 3.59. The van der Waals surface area contributed by atoms with Crippen LogP contribution >= 0.6 is 0 Å². The second kappa shape index (κ2) is 6.93. The van der Waals surface area contributed by atoms with E-state index in [0.717, 1.165) is 0 Å². The zero-order chi connectivity index (χ0) is 18.1. The van der Waals surface area contributed by atoms with Crippen LogP contribution < -0.4 is 10.0 Å². The lowest BCUT2D eigenvalue weighted by molar-refractivity contribution is -0.132. The molecule has 1 aromatic carbocycles. The third kappa shape index (κ3) is 3.65. The number of hydrogen-bond donors (Lipinski definition) is 2. The van der Waals surface area contributed by atoms with Gasteiger partial charge in [-0.2, -0.15) is 4.72 Å². The molecule has 2 aliphatic rings. The number of nitrogens with one attached hydrogen (secondary N) is 2. The Labute approximate surface area is 149 Å². The highest BCUT2D eigenvalue weighted by atomic mass is 32.2. The predicted molar refractivity (Wildman–Crippen MR) is 96.7 cm³/mol. The minimum Gasteiger partial charge on any atom is -0.365 e. The number of hydrogen-bond acceptors (Lipinski definition) is 5. The van der Waals surface area contributed by atoms with E-state index in [2.05, 4.69) is 14.9 Å². The second-order valence-corrected chi connectivity index (χ2v) is 8.30. The molecule has 1 amide bonds. The molecule has 0 atom stereocenters. The minimum absolute atomic E-state index is 0.128. The molecule has 1 saturated heterocycles. The predicted octanol–water partition coefficient (Wildman–Crippen LogP) is 1.05. The van der Waals surface area contributed by atoms with Crippen molar-refractivity contribution in [2.45, 2.75) is 37.2 Å². The lowest BCUT2D eigenvalue weighted by atomic mass is 9.97. The van der Waals surface area contributed by atoms with E-state index in [1.54, 1.807) is 18.2 Å². The van der Waals surface area contributed by atoms with Crippen molar-refractivity contribution in [1.29, 1.82) is 0 Å². The van der Waals surface area contributed by atoms with Crippen LogP contribution in [0.5, 0.6) is 0 Å². The highest BCUT2D eigenvalue weighted by Crippen LogP contribution is 2.34. The lowest BCUT2D eigenvalue weighted by Crippen LogP contribution is -2.62. The average molecular weight is 366 g/mol. The SMILES string of the molecule is CCN(CC)C(=O)CN1CCC2(CC1)Nc1ccccc1S(=O)(=O)N2. The van der Waals surface area contributed by atoms with E-state index in [9.17, 15) is 13.2 Å². The molecular weight excluding hydrogens is 340 g/mol. The van der Waals surface area contributed by atoms with Crippen LogP contribution in [0, 0.1) is 0 Å². The third-order valence-electron chi connectivity index (χ3n) is 5.06. The van der Waals surface area contributed by atoms with E-state index in [1.165, 1.54) is 0 Å². The first kappa shape index (κ1) is 18.2. The monoisotopic (exact) mass is 366 g/mol. The molecule has 2 N–H and O–H groups in total. The van der Waals surface area contributed by atoms with Crippen LogP contribution in [0.2, 0.25) is 0 Å². The van der Waals surface area contributed by atoms with Crippen molar-refractivity contribution in [3.05, 3.63) is 24.3 Å². The Morgan fingerprint density at radius 3 is 2.48 bits per heavy atom. The van der Waals surface area contributed by atoms with Crippen molar-refractivity contribution in [1.82, 2.24) is 14.5 Å². The van der Waals surface area contributed by atoms with Crippen LogP contribution in [-0.4, -0.2) is 62.5 Å². The van der Waals surface area contributed by atoms with Gasteiger partial charge in [-0.3, -0.25) is 9.69 Å². The number of fused-ring (bicyclic) bond motifs is 1. The van der Waals surface area contributed by atoms with Crippen molar-refractivity contribution >= 4 is 21.6 Å².